The highest BCUT2D eigenvalue weighted by Gasteiger charge is 2.28. The Kier molecular flexibility index (Phi) is 6.02. The van der Waals surface area contributed by atoms with Gasteiger partial charge in [0.05, 0.1) is 11.0 Å². The SMILES string of the molecule is CC(NC(=O)C1CCN(c2ccccc2[N+](=O)[O-])CC1)c1ccc2c(c1)CCCC2. The summed E-state index contributed by atoms with van der Waals surface area (Å²) in [6, 6.07) is 13.4. The van der Waals surface area contributed by atoms with Crippen LogP contribution in [0.4, 0.5) is 11.4 Å². The van der Waals surface area contributed by atoms with E-state index in [9.17, 15) is 14.9 Å². The van der Waals surface area contributed by atoms with Crippen LogP contribution in [-0.2, 0) is 17.6 Å². The van der Waals surface area contributed by atoms with Crippen LogP contribution in [0.3, 0.4) is 0 Å². The number of para-hydroxylation sites is 2. The number of hydrogen-bond donors (Lipinski definition) is 1. The Balaban J connectivity index is 1.35. The van der Waals surface area contributed by atoms with Gasteiger partial charge in [0.15, 0.2) is 0 Å². The highest BCUT2D eigenvalue weighted by molar-refractivity contribution is 5.79. The van der Waals surface area contributed by atoms with Gasteiger partial charge in [-0.1, -0.05) is 30.3 Å². The molecule has 1 atom stereocenters. The molecule has 2 aromatic carbocycles. The number of hydrogen-bond acceptors (Lipinski definition) is 4. The van der Waals surface area contributed by atoms with Gasteiger partial charge in [-0.2, -0.15) is 0 Å². The number of piperidine rings is 1. The number of nitro groups is 1. The molecular weight excluding hydrogens is 378 g/mol. The first-order valence-electron chi connectivity index (χ1n) is 10.9. The number of carbonyl (C=O) groups is 1. The highest BCUT2D eigenvalue weighted by Crippen LogP contribution is 2.31. The molecule has 0 bridgehead atoms. The molecule has 1 unspecified atom stereocenters. The van der Waals surface area contributed by atoms with Crippen LogP contribution in [0.5, 0.6) is 0 Å². The van der Waals surface area contributed by atoms with Crippen molar-refractivity contribution in [2.24, 2.45) is 5.92 Å². The summed E-state index contributed by atoms with van der Waals surface area (Å²) in [7, 11) is 0. The van der Waals surface area contributed by atoms with Crippen LogP contribution in [0.15, 0.2) is 42.5 Å². The fourth-order valence-corrected chi connectivity index (χ4v) is 4.71. The fraction of sp³-hybridized carbons (Fsp3) is 0.458. The molecule has 2 aliphatic rings. The Morgan fingerprint density at radius 3 is 2.53 bits per heavy atom. The van der Waals surface area contributed by atoms with E-state index in [1.807, 2.05) is 17.9 Å². The monoisotopic (exact) mass is 407 g/mol. The van der Waals surface area contributed by atoms with Gasteiger partial charge in [-0.05, 0) is 68.2 Å². The molecule has 1 heterocycles. The van der Waals surface area contributed by atoms with E-state index < -0.39 is 0 Å². The van der Waals surface area contributed by atoms with Gasteiger partial charge in [-0.15, -0.1) is 0 Å². The molecule has 4 rings (SSSR count). The molecule has 1 N–H and O–H groups in total. The Morgan fingerprint density at radius 2 is 1.80 bits per heavy atom. The molecule has 0 aromatic heterocycles. The van der Waals surface area contributed by atoms with Crippen LogP contribution in [0, 0.1) is 16.0 Å². The minimum Gasteiger partial charge on any atom is -0.366 e. The van der Waals surface area contributed by atoms with Gasteiger partial charge in [-0.25, -0.2) is 0 Å². The lowest BCUT2D eigenvalue weighted by molar-refractivity contribution is -0.384. The second kappa shape index (κ2) is 8.86. The van der Waals surface area contributed by atoms with Crippen molar-refractivity contribution in [3.63, 3.8) is 0 Å². The zero-order valence-corrected chi connectivity index (χ0v) is 17.5. The van der Waals surface area contributed by atoms with Crippen molar-refractivity contribution in [2.75, 3.05) is 18.0 Å². The van der Waals surface area contributed by atoms with E-state index in [4.69, 9.17) is 0 Å². The van der Waals surface area contributed by atoms with E-state index in [1.165, 1.54) is 35.6 Å². The zero-order valence-electron chi connectivity index (χ0n) is 17.5. The van der Waals surface area contributed by atoms with E-state index in [0.717, 1.165) is 12.8 Å². The molecule has 0 radical (unpaired) electrons. The number of carbonyl (C=O) groups excluding carboxylic acids is 1. The number of amides is 1. The number of nitrogens with zero attached hydrogens (tertiary/aromatic N) is 2. The lowest BCUT2D eigenvalue weighted by Crippen LogP contribution is -2.41. The van der Waals surface area contributed by atoms with Crippen molar-refractivity contribution in [2.45, 2.75) is 51.5 Å². The third kappa shape index (κ3) is 4.32. The van der Waals surface area contributed by atoms with Crippen LogP contribution in [-0.4, -0.2) is 23.9 Å². The topological polar surface area (TPSA) is 75.5 Å². The Morgan fingerprint density at radius 1 is 1.10 bits per heavy atom. The first-order valence-corrected chi connectivity index (χ1v) is 10.9. The van der Waals surface area contributed by atoms with Gasteiger partial charge in [0.25, 0.3) is 5.69 Å². The van der Waals surface area contributed by atoms with Crippen LogP contribution < -0.4 is 10.2 Å². The van der Waals surface area contributed by atoms with E-state index in [-0.39, 0.29) is 28.5 Å². The Labute approximate surface area is 177 Å². The van der Waals surface area contributed by atoms with Crippen molar-refractivity contribution in [3.8, 4) is 0 Å². The lowest BCUT2D eigenvalue weighted by atomic mass is 9.89. The average molecular weight is 408 g/mol. The Hall–Kier alpha value is -2.89. The van der Waals surface area contributed by atoms with Gasteiger partial charge in [0.2, 0.25) is 5.91 Å². The molecule has 158 valence electrons. The smallest absolute Gasteiger partial charge is 0.292 e. The molecule has 1 amide bonds. The van der Waals surface area contributed by atoms with Gasteiger partial charge in [0, 0.05) is 25.1 Å². The van der Waals surface area contributed by atoms with Gasteiger partial charge >= 0.3 is 0 Å². The lowest BCUT2D eigenvalue weighted by Gasteiger charge is -2.33. The molecule has 1 fully saturated rings. The van der Waals surface area contributed by atoms with E-state index in [1.54, 1.807) is 12.1 Å². The molecule has 30 heavy (non-hydrogen) atoms. The van der Waals surface area contributed by atoms with Crippen LogP contribution >= 0.6 is 0 Å². The quantitative estimate of drug-likeness (QED) is 0.582. The number of rotatable bonds is 5. The standard InChI is InChI=1S/C24H29N3O3/c1-17(20-11-10-18-6-2-3-7-21(18)16-20)25-24(28)19-12-14-26(15-13-19)22-8-4-5-9-23(22)27(29)30/h4-5,8-11,16-17,19H,2-3,6-7,12-15H2,1H3,(H,25,28). The summed E-state index contributed by atoms with van der Waals surface area (Å²) < 4.78 is 0. The minimum atomic E-state index is -0.339. The van der Waals surface area contributed by atoms with Crippen molar-refractivity contribution < 1.29 is 9.72 Å². The largest absolute Gasteiger partial charge is 0.366 e. The third-order valence-electron chi connectivity index (χ3n) is 6.52. The number of nitro benzene ring substituents is 1. The summed E-state index contributed by atoms with van der Waals surface area (Å²) in [4.78, 5) is 25.8. The van der Waals surface area contributed by atoms with E-state index in [2.05, 4.69) is 23.5 Å². The maximum Gasteiger partial charge on any atom is 0.292 e. The number of nitrogens with one attached hydrogen (secondary N) is 1. The van der Waals surface area contributed by atoms with Gasteiger partial charge in [-0.3, -0.25) is 14.9 Å². The molecule has 6 heteroatoms. The van der Waals surface area contributed by atoms with Gasteiger partial charge in [0.1, 0.15) is 5.69 Å². The summed E-state index contributed by atoms with van der Waals surface area (Å²) in [6.07, 6.45) is 6.21. The minimum absolute atomic E-state index is 0.0158. The summed E-state index contributed by atoms with van der Waals surface area (Å²) in [5.74, 6) is 0.0338. The number of fused-ring (bicyclic) bond motifs is 1. The number of benzene rings is 2. The normalized spacial score (nSPS) is 17.8. The van der Waals surface area contributed by atoms with Crippen molar-refractivity contribution in [3.05, 3.63) is 69.3 Å². The van der Waals surface area contributed by atoms with Crippen molar-refractivity contribution in [1.29, 1.82) is 0 Å². The maximum absolute atomic E-state index is 12.9. The molecule has 0 spiro atoms. The molecular formula is C24H29N3O3. The maximum atomic E-state index is 12.9. The molecule has 1 saturated heterocycles. The van der Waals surface area contributed by atoms with Crippen LogP contribution in [0.2, 0.25) is 0 Å². The first-order chi connectivity index (χ1) is 14.5. The molecule has 1 aliphatic heterocycles. The summed E-state index contributed by atoms with van der Waals surface area (Å²) in [5, 5.41) is 14.5. The van der Waals surface area contributed by atoms with Crippen LogP contribution in [0.25, 0.3) is 0 Å². The zero-order chi connectivity index (χ0) is 21.1. The summed E-state index contributed by atoms with van der Waals surface area (Å²) in [5.41, 5.74) is 4.81. The van der Waals surface area contributed by atoms with Crippen molar-refractivity contribution >= 4 is 17.3 Å². The van der Waals surface area contributed by atoms with Gasteiger partial charge < -0.3 is 10.2 Å². The van der Waals surface area contributed by atoms with E-state index in [0.29, 0.717) is 31.6 Å². The molecule has 6 nitrogen and oxygen atoms in total. The number of aryl methyl sites for hydroxylation is 2. The average Bonchev–Trinajstić information content (AvgIpc) is 2.78. The second-order valence-electron chi connectivity index (χ2n) is 8.47. The van der Waals surface area contributed by atoms with Crippen LogP contribution in [0.1, 0.15) is 55.3 Å². The first kappa shape index (κ1) is 20.4. The summed E-state index contributed by atoms with van der Waals surface area (Å²) >= 11 is 0. The predicted octanol–water partition coefficient (Wildman–Crippen LogP) is 4.57. The molecule has 2 aromatic rings. The van der Waals surface area contributed by atoms with Crippen molar-refractivity contribution in [1.82, 2.24) is 5.32 Å². The Bertz CT molecular complexity index is 935. The summed E-state index contributed by atoms with van der Waals surface area (Å²) in [6.45, 7) is 3.34. The highest BCUT2D eigenvalue weighted by atomic mass is 16.6. The fourth-order valence-electron chi connectivity index (χ4n) is 4.71. The molecule has 0 saturated carbocycles. The predicted molar refractivity (Wildman–Crippen MR) is 118 cm³/mol. The second-order valence-corrected chi connectivity index (χ2v) is 8.47. The molecule has 1 aliphatic carbocycles. The van der Waals surface area contributed by atoms with E-state index >= 15 is 0 Å². The third-order valence-corrected chi connectivity index (χ3v) is 6.52. The number of anilines is 1.